The quantitative estimate of drug-likeness (QED) is 0.603. The van der Waals surface area contributed by atoms with Gasteiger partial charge in [0.05, 0.1) is 0 Å². The molecule has 3 N–H and O–H groups in total. The van der Waals surface area contributed by atoms with Crippen LogP contribution in [0.3, 0.4) is 0 Å². The molecule has 2 heteroatoms. The zero-order valence-electron chi connectivity index (χ0n) is 6.40. The third kappa shape index (κ3) is 1.32. The first-order valence-corrected chi connectivity index (χ1v) is 4.31. The van der Waals surface area contributed by atoms with Gasteiger partial charge < -0.3 is 11.1 Å². The first kappa shape index (κ1) is 6.62. The highest BCUT2D eigenvalue weighted by atomic mass is 15.0. The fraction of sp³-hybridized carbons (Fsp3) is 1.00. The van der Waals surface area contributed by atoms with Gasteiger partial charge in [-0.3, -0.25) is 0 Å². The van der Waals surface area contributed by atoms with E-state index in [0.29, 0.717) is 0 Å². The molecule has 0 saturated heterocycles. The third-order valence-electron chi connectivity index (χ3n) is 2.67. The molecule has 0 unspecified atom stereocenters. The predicted molar refractivity (Wildman–Crippen MR) is 41.8 cm³/mol. The summed E-state index contributed by atoms with van der Waals surface area (Å²) in [7, 11) is 0. The second kappa shape index (κ2) is 2.21. The van der Waals surface area contributed by atoms with Gasteiger partial charge in [-0.2, -0.15) is 0 Å². The summed E-state index contributed by atoms with van der Waals surface area (Å²) in [5.41, 5.74) is 6.20. The lowest BCUT2D eigenvalue weighted by atomic mass is 9.78. The van der Waals surface area contributed by atoms with Crippen LogP contribution in [0.1, 0.15) is 32.1 Å². The van der Waals surface area contributed by atoms with E-state index in [1.807, 2.05) is 0 Å². The Morgan fingerprint density at radius 1 is 1.40 bits per heavy atom. The molecule has 0 aliphatic heterocycles. The molecule has 0 aromatic rings. The molecule has 0 amide bonds. The van der Waals surface area contributed by atoms with Gasteiger partial charge in [0.1, 0.15) is 0 Å². The summed E-state index contributed by atoms with van der Waals surface area (Å²) in [6, 6.07) is 0.820. The zero-order valence-corrected chi connectivity index (χ0v) is 6.40. The highest BCUT2D eigenvalue weighted by Gasteiger charge is 2.33. The van der Waals surface area contributed by atoms with Gasteiger partial charge in [0.15, 0.2) is 0 Å². The Labute approximate surface area is 62.2 Å². The number of nitrogens with two attached hydrogens (primary N) is 1. The van der Waals surface area contributed by atoms with Gasteiger partial charge in [0.2, 0.25) is 0 Å². The highest BCUT2D eigenvalue weighted by molar-refractivity contribution is 4.96. The summed E-state index contributed by atoms with van der Waals surface area (Å²) in [5, 5.41) is 3.47. The Balaban J connectivity index is 1.67. The number of rotatable bonds is 3. The van der Waals surface area contributed by atoms with Crippen molar-refractivity contribution in [1.29, 1.82) is 0 Å². The standard InChI is InChI=1S/C8H16N2/c9-8(4-1-5-8)6-10-7-2-3-7/h7,10H,1-6,9H2. The Morgan fingerprint density at radius 2 is 2.10 bits per heavy atom. The van der Waals surface area contributed by atoms with Crippen molar-refractivity contribution < 1.29 is 0 Å². The number of hydrogen-bond donors (Lipinski definition) is 2. The first-order chi connectivity index (χ1) is 4.79. The van der Waals surface area contributed by atoms with E-state index in [-0.39, 0.29) is 5.54 Å². The van der Waals surface area contributed by atoms with E-state index in [1.54, 1.807) is 0 Å². The average molecular weight is 140 g/mol. The van der Waals surface area contributed by atoms with E-state index < -0.39 is 0 Å². The van der Waals surface area contributed by atoms with E-state index in [9.17, 15) is 0 Å². The van der Waals surface area contributed by atoms with Crippen LogP contribution in [0.5, 0.6) is 0 Å². The van der Waals surface area contributed by atoms with Crippen LogP contribution in [0, 0.1) is 0 Å². The Morgan fingerprint density at radius 3 is 2.50 bits per heavy atom. The van der Waals surface area contributed by atoms with E-state index in [0.717, 1.165) is 12.6 Å². The van der Waals surface area contributed by atoms with Gasteiger partial charge in [-0.1, -0.05) is 0 Å². The fourth-order valence-corrected chi connectivity index (χ4v) is 1.44. The maximum Gasteiger partial charge on any atom is 0.0280 e. The normalized spacial score (nSPS) is 29.7. The summed E-state index contributed by atoms with van der Waals surface area (Å²) >= 11 is 0. The van der Waals surface area contributed by atoms with E-state index in [1.165, 1.54) is 32.1 Å². The first-order valence-electron chi connectivity index (χ1n) is 4.31. The molecular weight excluding hydrogens is 124 g/mol. The summed E-state index contributed by atoms with van der Waals surface area (Å²) in [6.07, 6.45) is 6.54. The predicted octanol–water partition coefficient (Wildman–Crippen LogP) is 0.620. The van der Waals surface area contributed by atoms with Crippen LogP contribution in [0.4, 0.5) is 0 Å². The van der Waals surface area contributed by atoms with Crippen LogP contribution in [-0.4, -0.2) is 18.1 Å². The van der Waals surface area contributed by atoms with Crippen molar-refractivity contribution in [3.8, 4) is 0 Å². The Hall–Kier alpha value is -0.0800. The van der Waals surface area contributed by atoms with Crippen molar-refractivity contribution in [3.05, 3.63) is 0 Å². The minimum atomic E-state index is 0.183. The molecule has 0 aromatic carbocycles. The molecule has 0 spiro atoms. The zero-order chi connectivity index (χ0) is 7.03. The second-order valence-corrected chi connectivity index (χ2v) is 3.87. The molecule has 10 heavy (non-hydrogen) atoms. The third-order valence-corrected chi connectivity index (χ3v) is 2.67. The minimum Gasteiger partial charge on any atom is -0.324 e. The molecule has 0 heterocycles. The molecule has 2 fully saturated rings. The van der Waals surface area contributed by atoms with Crippen molar-refractivity contribution >= 4 is 0 Å². The van der Waals surface area contributed by atoms with E-state index >= 15 is 0 Å². The number of nitrogens with one attached hydrogen (secondary N) is 1. The van der Waals surface area contributed by atoms with E-state index in [2.05, 4.69) is 5.32 Å². The average Bonchev–Trinajstić information content (AvgIpc) is 2.61. The lowest BCUT2D eigenvalue weighted by Gasteiger charge is -2.38. The SMILES string of the molecule is NC1(CNC2CC2)CCC1. The van der Waals surface area contributed by atoms with Crippen LogP contribution in [-0.2, 0) is 0 Å². The summed E-state index contributed by atoms with van der Waals surface area (Å²) in [6.45, 7) is 1.05. The lowest BCUT2D eigenvalue weighted by Crippen LogP contribution is -2.54. The second-order valence-electron chi connectivity index (χ2n) is 3.87. The fourth-order valence-electron chi connectivity index (χ4n) is 1.44. The maximum atomic E-state index is 6.02. The molecule has 2 aliphatic carbocycles. The van der Waals surface area contributed by atoms with Crippen LogP contribution in [0.25, 0.3) is 0 Å². The molecule has 2 aliphatic rings. The van der Waals surface area contributed by atoms with Gasteiger partial charge in [-0.15, -0.1) is 0 Å². The summed E-state index contributed by atoms with van der Waals surface area (Å²) in [5.74, 6) is 0. The van der Waals surface area contributed by atoms with E-state index in [4.69, 9.17) is 5.73 Å². The molecule has 0 aromatic heterocycles. The van der Waals surface area contributed by atoms with Crippen molar-refractivity contribution in [2.24, 2.45) is 5.73 Å². The smallest absolute Gasteiger partial charge is 0.0280 e. The molecule has 0 atom stereocenters. The number of hydrogen-bond acceptors (Lipinski definition) is 2. The largest absolute Gasteiger partial charge is 0.324 e. The molecule has 0 radical (unpaired) electrons. The highest BCUT2D eigenvalue weighted by Crippen LogP contribution is 2.29. The molecular formula is C8H16N2. The summed E-state index contributed by atoms with van der Waals surface area (Å²) in [4.78, 5) is 0. The van der Waals surface area contributed by atoms with Crippen LogP contribution < -0.4 is 11.1 Å². The van der Waals surface area contributed by atoms with Crippen molar-refractivity contribution in [3.63, 3.8) is 0 Å². The lowest BCUT2D eigenvalue weighted by molar-refractivity contribution is 0.238. The molecule has 2 rings (SSSR count). The Kier molecular flexibility index (Phi) is 1.46. The molecule has 0 bridgehead atoms. The van der Waals surface area contributed by atoms with Crippen molar-refractivity contribution in [2.75, 3.05) is 6.54 Å². The molecule has 58 valence electrons. The van der Waals surface area contributed by atoms with Gasteiger partial charge in [-0.05, 0) is 32.1 Å². The van der Waals surface area contributed by atoms with Crippen LogP contribution in [0.2, 0.25) is 0 Å². The minimum absolute atomic E-state index is 0.183. The van der Waals surface area contributed by atoms with Gasteiger partial charge >= 0.3 is 0 Å². The van der Waals surface area contributed by atoms with Gasteiger partial charge in [0.25, 0.3) is 0 Å². The maximum absolute atomic E-state index is 6.02. The topological polar surface area (TPSA) is 38.0 Å². The van der Waals surface area contributed by atoms with Crippen LogP contribution in [0.15, 0.2) is 0 Å². The van der Waals surface area contributed by atoms with Crippen molar-refractivity contribution in [1.82, 2.24) is 5.32 Å². The molecule has 2 nitrogen and oxygen atoms in total. The monoisotopic (exact) mass is 140 g/mol. The molecule has 2 saturated carbocycles. The van der Waals surface area contributed by atoms with Crippen LogP contribution >= 0.6 is 0 Å². The van der Waals surface area contributed by atoms with Gasteiger partial charge in [0, 0.05) is 18.1 Å². The van der Waals surface area contributed by atoms with Gasteiger partial charge in [-0.25, -0.2) is 0 Å². The van der Waals surface area contributed by atoms with Crippen molar-refractivity contribution in [2.45, 2.75) is 43.7 Å². The Bertz CT molecular complexity index is 125. The summed E-state index contributed by atoms with van der Waals surface area (Å²) < 4.78 is 0.